The Balaban J connectivity index is 1.89. The number of anilines is 1. The molecule has 1 aliphatic rings. The Bertz CT molecular complexity index is 630. The number of fused-ring (bicyclic) bond motifs is 1. The van der Waals surface area contributed by atoms with Gasteiger partial charge < -0.3 is 10.6 Å². The summed E-state index contributed by atoms with van der Waals surface area (Å²) >= 11 is 0. The summed E-state index contributed by atoms with van der Waals surface area (Å²) in [6.07, 6.45) is 3.21. The van der Waals surface area contributed by atoms with Crippen molar-refractivity contribution in [2.75, 3.05) is 11.9 Å². The van der Waals surface area contributed by atoms with E-state index < -0.39 is 0 Å². The largest absolute Gasteiger partial charge is 0.324 e. The highest BCUT2D eigenvalue weighted by molar-refractivity contribution is 6.05. The van der Waals surface area contributed by atoms with Crippen molar-refractivity contribution in [1.82, 2.24) is 5.32 Å². The Morgan fingerprint density at radius 1 is 1.20 bits per heavy atom. The van der Waals surface area contributed by atoms with Gasteiger partial charge in [-0.1, -0.05) is 42.8 Å². The second kappa shape index (κ2) is 5.63. The molecule has 3 nitrogen and oxygen atoms in total. The standard InChI is InChI=1S/C17H20N2O/c1-12-9-10-13-6-2-3-7-14(13)16(12)19-17(20)15-8-4-5-11-18-15/h2-3,6-7,9-10,15,18H,4-5,8,11H2,1H3,(H,19,20). The number of aryl methyl sites for hydroxylation is 1. The van der Waals surface area contributed by atoms with Crippen molar-refractivity contribution >= 4 is 22.4 Å². The Hall–Kier alpha value is -1.87. The van der Waals surface area contributed by atoms with Crippen molar-refractivity contribution in [2.45, 2.75) is 32.2 Å². The van der Waals surface area contributed by atoms with E-state index in [1.807, 2.05) is 19.1 Å². The molecule has 1 aliphatic heterocycles. The molecule has 104 valence electrons. The van der Waals surface area contributed by atoms with Gasteiger partial charge in [0.05, 0.1) is 11.7 Å². The van der Waals surface area contributed by atoms with Gasteiger partial charge in [-0.15, -0.1) is 0 Å². The van der Waals surface area contributed by atoms with Gasteiger partial charge in [-0.2, -0.15) is 0 Å². The van der Waals surface area contributed by atoms with Gasteiger partial charge in [0.1, 0.15) is 0 Å². The summed E-state index contributed by atoms with van der Waals surface area (Å²) in [4.78, 5) is 12.4. The molecule has 0 aliphatic carbocycles. The molecule has 2 N–H and O–H groups in total. The molecule has 3 heteroatoms. The Kier molecular flexibility index (Phi) is 3.70. The van der Waals surface area contributed by atoms with Crippen LogP contribution < -0.4 is 10.6 Å². The number of carbonyl (C=O) groups is 1. The average Bonchev–Trinajstić information content (AvgIpc) is 2.51. The molecule has 1 heterocycles. The van der Waals surface area contributed by atoms with Crippen LogP contribution in [0.1, 0.15) is 24.8 Å². The quantitative estimate of drug-likeness (QED) is 0.878. The minimum Gasteiger partial charge on any atom is -0.324 e. The molecule has 2 aromatic rings. The molecule has 0 saturated carbocycles. The minimum atomic E-state index is -0.0536. The second-order valence-corrected chi connectivity index (χ2v) is 5.47. The van der Waals surface area contributed by atoms with Crippen molar-refractivity contribution in [3.8, 4) is 0 Å². The molecular weight excluding hydrogens is 248 g/mol. The number of nitrogens with one attached hydrogen (secondary N) is 2. The fourth-order valence-electron chi connectivity index (χ4n) is 2.83. The Morgan fingerprint density at radius 2 is 2.05 bits per heavy atom. The molecule has 20 heavy (non-hydrogen) atoms. The van der Waals surface area contributed by atoms with Gasteiger partial charge in [0.25, 0.3) is 0 Å². The van der Waals surface area contributed by atoms with E-state index in [0.717, 1.165) is 47.8 Å². The highest BCUT2D eigenvalue weighted by Crippen LogP contribution is 2.27. The second-order valence-electron chi connectivity index (χ2n) is 5.47. The van der Waals surface area contributed by atoms with Crippen LogP contribution in [0.4, 0.5) is 5.69 Å². The van der Waals surface area contributed by atoms with Crippen LogP contribution in [0.25, 0.3) is 10.8 Å². The van der Waals surface area contributed by atoms with Crippen molar-refractivity contribution in [3.63, 3.8) is 0 Å². The first-order valence-electron chi connectivity index (χ1n) is 7.28. The van der Waals surface area contributed by atoms with Crippen molar-refractivity contribution in [3.05, 3.63) is 42.0 Å². The van der Waals surface area contributed by atoms with E-state index in [0.29, 0.717) is 0 Å². The predicted octanol–water partition coefficient (Wildman–Crippen LogP) is 3.23. The predicted molar refractivity (Wildman–Crippen MR) is 83.0 cm³/mol. The maximum absolute atomic E-state index is 12.4. The summed E-state index contributed by atoms with van der Waals surface area (Å²) in [5, 5.41) is 8.68. The van der Waals surface area contributed by atoms with Crippen LogP contribution in [0.5, 0.6) is 0 Å². The van der Waals surface area contributed by atoms with Crippen LogP contribution >= 0.6 is 0 Å². The smallest absolute Gasteiger partial charge is 0.241 e. The average molecular weight is 268 g/mol. The highest BCUT2D eigenvalue weighted by Gasteiger charge is 2.21. The third-order valence-electron chi connectivity index (χ3n) is 4.01. The van der Waals surface area contributed by atoms with Gasteiger partial charge in [0, 0.05) is 5.39 Å². The first-order valence-corrected chi connectivity index (χ1v) is 7.28. The highest BCUT2D eigenvalue weighted by atomic mass is 16.2. The van der Waals surface area contributed by atoms with E-state index in [1.165, 1.54) is 0 Å². The third-order valence-corrected chi connectivity index (χ3v) is 4.01. The summed E-state index contributed by atoms with van der Waals surface area (Å²) in [6, 6.07) is 12.3. The number of carbonyl (C=O) groups excluding carboxylic acids is 1. The number of hydrogen-bond acceptors (Lipinski definition) is 2. The van der Waals surface area contributed by atoms with Crippen LogP contribution in [0.2, 0.25) is 0 Å². The molecule has 3 rings (SSSR count). The molecule has 1 saturated heterocycles. The summed E-state index contributed by atoms with van der Waals surface area (Å²) in [5.41, 5.74) is 2.05. The van der Waals surface area contributed by atoms with Crippen LogP contribution in [-0.2, 0) is 4.79 Å². The van der Waals surface area contributed by atoms with Crippen LogP contribution in [-0.4, -0.2) is 18.5 Å². The van der Waals surface area contributed by atoms with E-state index in [9.17, 15) is 4.79 Å². The van der Waals surface area contributed by atoms with Crippen molar-refractivity contribution < 1.29 is 4.79 Å². The lowest BCUT2D eigenvalue weighted by molar-refractivity contribution is -0.118. The van der Waals surface area contributed by atoms with Gasteiger partial charge in [-0.3, -0.25) is 4.79 Å². The van der Waals surface area contributed by atoms with Crippen LogP contribution in [0.15, 0.2) is 36.4 Å². The van der Waals surface area contributed by atoms with E-state index in [1.54, 1.807) is 0 Å². The van der Waals surface area contributed by atoms with Gasteiger partial charge in [0.2, 0.25) is 5.91 Å². The normalized spacial score (nSPS) is 18.9. The van der Waals surface area contributed by atoms with E-state index >= 15 is 0 Å². The molecule has 1 atom stereocenters. The van der Waals surface area contributed by atoms with Crippen LogP contribution in [0.3, 0.4) is 0 Å². The first-order chi connectivity index (χ1) is 9.75. The van der Waals surface area contributed by atoms with Gasteiger partial charge >= 0.3 is 0 Å². The Labute approximate surface area is 119 Å². The summed E-state index contributed by atoms with van der Waals surface area (Å²) < 4.78 is 0. The third kappa shape index (κ3) is 2.54. The van der Waals surface area contributed by atoms with Gasteiger partial charge in [-0.25, -0.2) is 0 Å². The summed E-state index contributed by atoms with van der Waals surface area (Å²) in [6.45, 7) is 2.98. The fraction of sp³-hybridized carbons (Fsp3) is 0.353. The number of benzene rings is 2. The molecule has 1 amide bonds. The monoisotopic (exact) mass is 268 g/mol. The van der Waals surface area contributed by atoms with Crippen LogP contribution in [0, 0.1) is 6.92 Å². The van der Waals surface area contributed by atoms with E-state index in [4.69, 9.17) is 0 Å². The number of piperidine rings is 1. The number of hydrogen-bond donors (Lipinski definition) is 2. The lowest BCUT2D eigenvalue weighted by atomic mass is 10.0. The first kappa shape index (κ1) is 13.1. The topological polar surface area (TPSA) is 41.1 Å². The molecule has 1 fully saturated rings. The van der Waals surface area contributed by atoms with Crippen molar-refractivity contribution in [1.29, 1.82) is 0 Å². The van der Waals surface area contributed by atoms with E-state index in [-0.39, 0.29) is 11.9 Å². The number of amides is 1. The summed E-state index contributed by atoms with van der Waals surface area (Å²) in [7, 11) is 0. The molecule has 0 bridgehead atoms. The minimum absolute atomic E-state index is 0.0536. The number of rotatable bonds is 2. The SMILES string of the molecule is Cc1ccc2ccccc2c1NC(=O)C1CCCCN1. The fourth-order valence-corrected chi connectivity index (χ4v) is 2.83. The lowest BCUT2D eigenvalue weighted by Crippen LogP contribution is -2.43. The zero-order valence-corrected chi connectivity index (χ0v) is 11.8. The molecule has 0 radical (unpaired) electrons. The van der Waals surface area contributed by atoms with Gasteiger partial charge in [0.15, 0.2) is 0 Å². The molecular formula is C17H20N2O. The molecule has 0 spiro atoms. The lowest BCUT2D eigenvalue weighted by Gasteiger charge is -2.23. The van der Waals surface area contributed by atoms with Crippen molar-refractivity contribution in [2.24, 2.45) is 0 Å². The molecule has 2 aromatic carbocycles. The van der Waals surface area contributed by atoms with E-state index in [2.05, 4.69) is 34.9 Å². The van der Waals surface area contributed by atoms with Gasteiger partial charge in [-0.05, 0) is 37.3 Å². The Morgan fingerprint density at radius 3 is 2.85 bits per heavy atom. The zero-order valence-electron chi connectivity index (χ0n) is 11.8. The maximum Gasteiger partial charge on any atom is 0.241 e. The zero-order chi connectivity index (χ0) is 13.9. The molecule has 0 aromatic heterocycles. The summed E-state index contributed by atoms with van der Waals surface area (Å²) in [5.74, 6) is 0.0872. The molecule has 1 unspecified atom stereocenters. The maximum atomic E-state index is 12.4.